The highest BCUT2D eigenvalue weighted by atomic mass is 35.5. The molecule has 4 nitrogen and oxygen atoms in total. The van der Waals surface area contributed by atoms with Gasteiger partial charge in [-0.25, -0.2) is 0 Å². The van der Waals surface area contributed by atoms with Gasteiger partial charge in [0.25, 0.3) is 0 Å². The molecule has 0 spiro atoms. The molecule has 0 heterocycles. The van der Waals surface area contributed by atoms with Crippen LogP contribution in [0.25, 0.3) is 0 Å². The molecule has 0 bridgehead atoms. The summed E-state index contributed by atoms with van der Waals surface area (Å²) in [5.74, 6) is -0.431. The zero-order chi connectivity index (χ0) is 12.5. The quantitative estimate of drug-likeness (QED) is 0.850. The minimum atomic E-state index is -4.87. The van der Waals surface area contributed by atoms with E-state index in [1.807, 2.05) is 0 Å². The molecule has 0 radical (unpaired) electrons. The van der Waals surface area contributed by atoms with Crippen molar-refractivity contribution in [3.63, 3.8) is 0 Å². The fourth-order valence-electron chi connectivity index (χ4n) is 0.986. The van der Waals surface area contributed by atoms with Crippen LogP contribution in [0.4, 0.5) is 9.57 Å². The summed E-state index contributed by atoms with van der Waals surface area (Å²) in [4.78, 5) is 10.1. The van der Waals surface area contributed by atoms with Crippen LogP contribution in [0.2, 0.25) is 10.0 Å². The van der Waals surface area contributed by atoms with Gasteiger partial charge in [-0.2, -0.15) is 8.42 Å². The Bertz CT molecular complexity index is 521. The standard InChI is InChI=1S/C8H6Cl2FNO3S/c1-4(13)12-8-6(9)2-5(3-7(8)10)16(11,14)15/h2-3H,1H3,(H,12,13). The van der Waals surface area contributed by atoms with Crippen LogP contribution in [0.3, 0.4) is 0 Å². The highest BCUT2D eigenvalue weighted by Crippen LogP contribution is 2.33. The van der Waals surface area contributed by atoms with E-state index in [0.717, 1.165) is 12.1 Å². The van der Waals surface area contributed by atoms with Crippen molar-refractivity contribution in [1.82, 2.24) is 0 Å². The van der Waals surface area contributed by atoms with Gasteiger partial charge in [0.1, 0.15) is 4.90 Å². The first-order valence-corrected chi connectivity index (χ1v) is 6.07. The van der Waals surface area contributed by atoms with Gasteiger partial charge in [-0.15, -0.1) is 3.89 Å². The predicted molar refractivity (Wildman–Crippen MR) is 59.1 cm³/mol. The van der Waals surface area contributed by atoms with Crippen molar-refractivity contribution >= 4 is 45.0 Å². The molecule has 1 rings (SSSR count). The summed E-state index contributed by atoms with van der Waals surface area (Å²) in [5, 5.41) is 1.99. The molecular weight excluding hydrogens is 280 g/mol. The molecule has 0 fully saturated rings. The van der Waals surface area contributed by atoms with Crippen molar-refractivity contribution in [1.29, 1.82) is 0 Å². The number of hydrogen-bond donors (Lipinski definition) is 1. The van der Waals surface area contributed by atoms with Crippen LogP contribution in [-0.4, -0.2) is 14.3 Å². The van der Waals surface area contributed by atoms with E-state index in [9.17, 15) is 17.1 Å². The van der Waals surface area contributed by atoms with Gasteiger partial charge in [-0.05, 0) is 12.1 Å². The average Bonchev–Trinajstić information content (AvgIpc) is 2.09. The first-order valence-electron chi connectivity index (χ1n) is 3.93. The number of rotatable bonds is 2. The lowest BCUT2D eigenvalue weighted by molar-refractivity contribution is -0.114. The number of hydrogen-bond acceptors (Lipinski definition) is 3. The number of benzene rings is 1. The second kappa shape index (κ2) is 4.57. The number of carbonyl (C=O) groups excluding carboxylic acids is 1. The van der Waals surface area contributed by atoms with Crippen molar-refractivity contribution in [3.05, 3.63) is 22.2 Å². The second-order valence-electron chi connectivity index (χ2n) is 2.88. The molecule has 88 valence electrons. The molecule has 0 atom stereocenters. The molecule has 0 aliphatic carbocycles. The van der Waals surface area contributed by atoms with Crippen molar-refractivity contribution in [2.75, 3.05) is 5.32 Å². The van der Waals surface area contributed by atoms with E-state index in [1.54, 1.807) is 0 Å². The molecule has 1 amide bonds. The maximum Gasteiger partial charge on any atom is 0.332 e. The largest absolute Gasteiger partial charge is 0.332 e. The fraction of sp³-hybridized carbons (Fsp3) is 0.125. The molecule has 16 heavy (non-hydrogen) atoms. The Kier molecular flexibility index (Phi) is 3.77. The number of nitrogens with one attached hydrogen (secondary N) is 1. The number of amides is 1. The van der Waals surface area contributed by atoms with Crippen LogP contribution >= 0.6 is 23.2 Å². The Labute approximate surface area is 102 Å². The van der Waals surface area contributed by atoms with Crippen LogP contribution in [0.1, 0.15) is 6.92 Å². The molecule has 1 N–H and O–H groups in total. The Hall–Kier alpha value is -0.850. The van der Waals surface area contributed by atoms with E-state index in [2.05, 4.69) is 5.32 Å². The summed E-state index contributed by atoms with van der Waals surface area (Å²) in [6.45, 7) is 1.23. The monoisotopic (exact) mass is 285 g/mol. The Morgan fingerprint density at radius 1 is 1.31 bits per heavy atom. The van der Waals surface area contributed by atoms with Gasteiger partial charge in [0.15, 0.2) is 0 Å². The van der Waals surface area contributed by atoms with Gasteiger partial charge in [-0.1, -0.05) is 23.2 Å². The van der Waals surface area contributed by atoms with Gasteiger partial charge in [-0.3, -0.25) is 4.79 Å². The highest BCUT2D eigenvalue weighted by molar-refractivity contribution is 7.86. The van der Waals surface area contributed by atoms with Gasteiger partial charge in [0, 0.05) is 6.92 Å². The minimum absolute atomic E-state index is 0.0447. The normalized spacial score (nSPS) is 11.2. The summed E-state index contributed by atoms with van der Waals surface area (Å²) in [7, 11) is -4.87. The Morgan fingerprint density at radius 2 is 1.75 bits per heavy atom. The summed E-state index contributed by atoms with van der Waals surface area (Å²) in [6, 6.07) is 1.74. The van der Waals surface area contributed by atoms with E-state index in [4.69, 9.17) is 23.2 Å². The number of anilines is 1. The predicted octanol–water partition coefficient (Wildman–Crippen LogP) is 2.61. The molecule has 1 aromatic carbocycles. The molecule has 0 aromatic heterocycles. The zero-order valence-electron chi connectivity index (χ0n) is 7.92. The summed E-state index contributed by atoms with van der Waals surface area (Å²) < 4.78 is 33.8. The third-order valence-corrected chi connectivity index (χ3v) is 2.99. The maximum absolute atomic E-state index is 12.6. The minimum Gasteiger partial charge on any atom is -0.324 e. The Morgan fingerprint density at radius 3 is 2.06 bits per heavy atom. The first kappa shape index (κ1) is 13.2. The third-order valence-electron chi connectivity index (χ3n) is 1.60. The van der Waals surface area contributed by atoms with Crippen molar-refractivity contribution in [3.8, 4) is 0 Å². The average molecular weight is 286 g/mol. The van der Waals surface area contributed by atoms with Gasteiger partial charge >= 0.3 is 10.2 Å². The summed E-state index contributed by atoms with van der Waals surface area (Å²) >= 11 is 11.3. The van der Waals surface area contributed by atoms with Crippen LogP contribution in [-0.2, 0) is 15.0 Å². The van der Waals surface area contributed by atoms with Crippen molar-refractivity contribution < 1.29 is 17.1 Å². The molecule has 0 aliphatic rings. The number of halogens is 3. The van der Waals surface area contributed by atoms with Crippen molar-refractivity contribution in [2.45, 2.75) is 11.8 Å². The van der Waals surface area contributed by atoms with E-state index < -0.39 is 21.0 Å². The van der Waals surface area contributed by atoms with Crippen LogP contribution in [0.15, 0.2) is 17.0 Å². The maximum atomic E-state index is 12.6. The summed E-state index contributed by atoms with van der Waals surface area (Å²) in [5.41, 5.74) is 0.0447. The molecule has 1 aromatic rings. The zero-order valence-corrected chi connectivity index (χ0v) is 10.2. The van der Waals surface area contributed by atoms with Gasteiger partial charge < -0.3 is 5.32 Å². The van der Waals surface area contributed by atoms with Gasteiger partial charge in [0.05, 0.1) is 15.7 Å². The fourth-order valence-corrected chi connectivity index (χ4v) is 2.21. The van der Waals surface area contributed by atoms with Crippen LogP contribution in [0.5, 0.6) is 0 Å². The van der Waals surface area contributed by atoms with E-state index in [0.29, 0.717) is 0 Å². The van der Waals surface area contributed by atoms with Crippen molar-refractivity contribution in [2.24, 2.45) is 0 Å². The molecule has 0 unspecified atom stereocenters. The topological polar surface area (TPSA) is 63.2 Å². The SMILES string of the molecule is CC(=O)Nc1c(Cl)cc(S(=O)(=O)F)cc1Cl. The lowest BCUT2D eigenvalue weighted by atomic mass is 10.3. The molecule has 0 aliphatic heterocycles. The van der Waals surface area contributed by atoms with Crippen LogP contribution < -0.4 is 5.32 Å². The van der Waals surface area contributed by atoms with E-state index in [1.165, 1.54) is 6.92 Å². The lowest BCUT2D eigenvalue weighted by Crippen LogP contribution is -2.07. The first-order chi connectivity index (χ1) is 7.21. The number of carbonyl (C=O) groups is 1. The molecule has 0 saturated carbocycles. The van der Waals surface area contributed by atoms with E-state index in [-0.39, 0.29) is 15.7 Å². The van der Waals surface area contributed by atoms with Crippen LogP contribution in [0, 0.1) is 0 Å². The third kappa shape index (κ3) is 3.07. The smallest absolute Gasteiger partial charge is 0.324 e. The van der Waals surface area contributed by atoms with Gasteiger partial charge in [0.2, 0.25) is 5.91 Å². The summed E-state index contributed by atoms with van der Waals surface area (Å²) in [6.07, 6.45) is 0. The second-order valence-corrected chi connectivity index (χ2v) is 5.04. The van der Waals surface area contributed by atoms with E-state index >= 15 is 0 Å². The highest BCUT2D eigenvalue weighted by Gasteiger charge is 2.17. The lowest BCUT2D eigenvalue weighted by Gasteiger charge is -2.08. The molecular formula is C8H6Cl2FNO3S. The molecule has 8 heteroatoms. The molecule has 0 saturated heterocycles. The Balaban J connectivity index is 3.34.